The van der Waals surface area contributed by atoms with Crippen LogP contribution in [0.15, 0.2) is 58.4 Å². The Bertz CT molecular complexity index is 857. The van der Waals surface area contributed by atoms with Crippen LogP contribution in [0.5, 0.6) is 0 Å². The molecule has 3 aromatic rings. The summed E-state index contributed by atoms with van der Waals surface area (Å²) in [6, 6.07) is 11.0. The molecule has 0 unspecified atom stereocenters. The SMILES string of the molecule is CN(Cc1ccc(Cl)cc1)C(=O)c1ccc(CSc2nccn2C)o1. The van der Waals surface area contributed by atoms with Crippen molar-refractivity contribution in [2.24, 2.45) is 7.05 Å². The molecule has 25 heavy (non-hydrogen) atoms. The van der Waals surface area contributed by atoms with E-state index in [1.165, 1.54) is 0 Å². The lowest BCUT2D eigenvalue weighted by Crippen LogP contribution is -2.25. The second-order valence-electron chi connectivity index (χ2n) is 5.66. The van der Waals surface area contributed by atoms with Crippen LogP contribution < -0.4 is 0 Å². The van der Waals surface area contributed by atoms with E-state index in [1.807, 2.05) is 48.1 Å². The number of amides is 1. The van der Waals surface area contributed by atoms with Crippen LogP contribution in [0.25, 0.3) is 0 Å². The zero-order valence-electron chi connectivity index (χ0n) is 14.0. The van der Waals surface area contributed by atoms with Crippen molar-refractivity contribution in [1.82, 2.24) is 14.5 Å². The Hall–Kier alpha value is -2.18. The van der Waals surface area contributed by atoms with Gasteiger partial charge in [0.05, 0.1) is 5.75 Å². The predicted molar refractivity (Wildman–Crippen MR) is 98.7 cm³/mol. The fourth-order valence-corrected chi connectivity index (χ4v) is 3.27. The number of imidazole rings is 1. The Kier molecular flexibility index (Phi) is 5.50. The Morgan fingerprint density at radius 1 is 1.28 bits per heavy atom. The minimum absolute atomic E-state index is 0.150. The number of furan rings is 1. The van der Waals surface area contributed by atoms with Crippen LogP contribution in [0.1, 0.15) is 21.9 Å². The molecule has 0 aliphatic heterocycles. The highest BCUT2D eigenvalue weighted by Crippen LogP contribution is 2.22. The summed E-state index contributed by atoms with van der Waals surface area (Å²) in [5.74, 6) is 1.56. The van der Waals surface area contributed by atoms with Crippen LogP contribution in [0.3, 0.4) is 0 Å². The largest absolute Gasteiger partial charge is 0.455 e. The van der Waals surface area contributed by atoms with Gasteiger partial charge in [-0.3, -0.25) is 4.79 Å². The lowest BCUT2D eigenvalue weighted by atomic mass is 10.2. The molecule has 2 aromatic heterocycles. The third-order valence-electron chi connectivity index (χ3n) is 3.67. The van der Waals surface area contributed by atoms with E-state index < -0.39 is 0 Å². The van der Waals surface area contributed by atoms with Gasteiger partial charge in [-0.15, -0.1) is 0 Å². The first-order valence-electron chi connectivity index (χ1n) is 7.71. The number of rotatable bonds is 6. The molecule has 0 spiro atoms. The molecule has 0 saturated carbocycles. The Balaban J connectivity index is 1.59. The lowest BCUT2D eigenvalue weighted by Gasteiger charge is -2.15. The molecule has 0 radical (unpaired) electrons. The van der Waals surface area contributed by atoms with Crippen LogP contribution in [0.4, 0.5) is 0 Å². The molecule has 0 aliphatic rings. The standard InChI is InChI=1S/C18H18ClN3O2S/c1-21-10-9-20-18(21)25-12-15-7-8-16(24-15)17(23)22(2)11-13-3-5-14(19)6-4-13/h3-10H,11-12H2,1-2H3. The maximum atomic E-state index is 12.5. The predicted octanol–water partition coefficient (Wildman–Crippen LogP) is 4.23. The van der Waals surface area contributed by atoms with Gasteiger partial charge in [0, 0.05) is 38.1 Å². The Morgan fingerprint density at radius 2 is 2.04 bits per heavy atom. The first-order valence-corrected chi connectivity index (χ1v) is 9.08. The van der Waals surface area contributed by atoms with Gasteiger partial charge in [-0.2, -0.15) is 0 Å². The molecule has 2 heterocycles. The van der Waals surface area contributed by atoms with E-state index in [9.17, 15) is 4.79 Å². The number of hydrogen-bond donors (Lipinski definition) is 0. The number of halogens is 1. The molecular weight excluding hydrogens is 358 g/mol. The maximum absolute atomic E-state index is 12.5. The monoisotopic (exact) mass is 375 g/mol. The first kappa shape index (κ1) is 17.6. The molecule has 7 heteroatoms. The van der Waals surface area contributed by atoms with Gasteiger partial charge in [0.2, 0.25) is 0 Å². The topological polar surface area (TPSA) is 51.3 Å². The highest BCUT2D eigenvalue weighted by molar-refractivity contribution is 7.98. The van der Waals surface area contributed by atoms with Crippen molar-refractivity contribution >= 4 is 29.3 Å². The number of benzene rings is 1. The van der Waals surface area contributed by atoms with Crippen molar-refractivity contribution in [3.63, 3.8) is 0 Å². The van der Waals surface area contributed by atoms with Gasteiger partial charge in [0.1, 0.15) is 5.76 Å². The van der Waals surface area contributed by atoms with Gasteiger partial charge in [-0.25, -0.2) is 4.98 Å². The second-order valence-corrected chi connectivity index (χ2v) is 7.04. The highest BCUT2D eigenvalue weighted by atomic mass is 35.5. The number of hydrogen-bond acceptors (Lipinski definition) is 4. The molecule has 0 fully saturated rings. The summed E-state index contributed by atoms with van der Waals surface area (Å²) < 4.78 is 7.64. The van der Waals surface area contributed by atoms with E-state index in [0.717, 1.165) is 16.5 Å². The van der Waals surface area contributed by atoms with Crippen LogP contribution in [0, 0.1) is 0 Å². The van der Waals surface area contributed by atoms with Crippen molar-refractivity contribution in [3.8, 4) is 0 Å². The van der Waals surface area contributed by atoms with Crippen LogP contribution in [0.2, 0.25) is 5.02 Å². The van der Waals surface area contributed by atoms with Crippen LogP contribution in [-0.4, -0.2) is 27.4 Å². The van der Waals surface area contributed by atoms with Gasteiger partial charge < -0.3 is 13.9 Å². The molecule has 0 saturated heterocycles. The number of carbonyl (C=O) groups is 1. The van der Waals surface area contributed by atoms with Crippen molar-refractivity contribution in [2.75, 3.05) is 7.05 Å². The number of aromatic nitrogens is 2. The zero-order chi connectivity index (χ0) is 17.8. The second kappa shape index (κ2) is 7.80. The summed E-state index contributed by atoms with van der Waals surface area (Å²) in [6.07, 6.45) is 3.65. The minimum Gasteiger partial charge on any atom is -0.455 e. The molecule has 1 amide bonds. The van der Waals surface area contributed by atoms with Crippen molar-refractivity contribution < 1.29 is 9.21 Å². The van der Waals surface area contributed by atoms with Crippen LogP contribution in [-0.2, 0) is 19.3 Å². The molecule has 0 bridgehead atoms. The third kappa shape index (κ3) is 4.46. The summed E-state index contributed by atoms with van der Waals surface area (Å²) in [5, 5.41) is 1.59. The molecule has 0 atom stereocenters. The van der Waals surface area contributed by atoms with E-state index in [-0.39, 0.29) is 5.91 Å². The summed E-state index contributed by atoms with van der Waals surface area (Å²) in [4.78, 5) is 18.4. The average molecular weight is 376 g/mol. The summed E-state index contributed by atoms with van der Waals surface area (Å²) in [6.45, 7) is 0.494. The number of thioether (sulfide) groups is 1. The Morgan fingerprint density at radius 3 is 2.72 bits per heavy atom. The van der Waals surface area contributed by atoms with Crippen molar-refractivity contribution in [2.45, 2.75) is 17.5 Å². The van der Waals surface area contributed by atoms with E-state index in [2.05, 4.69) is 4.98 Å². The highest BCUT2D eigenvalue weighted by Gasteiger charge is 2.16. The smallest absolute Gasteiger partial charge is 0.289 e. The molecule has 130 valence electrons. The maximum Gasteiger partial charge on any atom is 0.289 e. The summed E-state index contributed by atoms with van der Waals surface area (Å²) >= 11 is 7.45. The van der Waals surface area contributed by atoms with Crippen molar-refractivity contribution in [3.05, 3.63) is 70.9 Å². The molecular formula is C18H18ClN3O2S. The Labute approximate surface area is 155 Å². The lowest BCUT2D eigenvalue weighted by molar-refractivity contribution is 0.0752. The fraction of sp³-hybridized carbons (Fsp3) is 0.222. The number of nitrogens with zero attached hydrogens (tertiary/aromatic N) is 3. The molecule has 1 aromatic carbocycles. The summed E-state index contributed by atoms with van der Waals surface area (Å²) in [5.41, 5.74) is 1.01. The zero-order valence-corrected chi connectivity index (χ0v) is 15.5. The normalized spacial score (nSPS) is 10.8. The van der Waals surface area contributed by atoms with Gasteiger partial charge in [-0.05, 0) is 29.8 Å². The van der Waals surface area contributed by atoms with Gasteiger partial charge in [-0.1, -0.05) is 35.5 Å². The number of carbonyl (C=O) groups excluding carboxylic acids is 1. The third-order valence-corrected chi connectivity index (χ3v) is 5.01. The quantitative estimate of drug-likeness (QED) is 0.605. The first-order chi connectivity index (χ1) is 12.0. The van der Waals surface area contributed by atoms with Crippen LogP contribution >= 0.6 is 23.4 Å². The van der Waals surface area contributed by atoms with E-state index in [0.29, 0.717) is 23.1 Å². The summed E-state index contributed by atoms with van der Waals surface area (Å²) in [7, 11) is 3.69. The molecule has 0 N–H and O–H groups in total. The number of aryl methyl sites for hydroxylation is 1. The molecule has 3 rings (SSSR count). The van der Waals surface area contributed by atoms with Crippen molar-refractivity contribution in [1.29, 1.82) is 0 Å². The van der Waals surface area contributed by atoms with E-state index in [4.69, 9.17) is 16.0 Å². The minimum atomic E-state index is -0.150. The van der Waals surface area contributed by atoms with E-state index >= 15 is 0 Å². The molecule has 5 nitrogen and oxygen atoms in total. The fourth-order valence-electron chi connectivity index (χ4n) is 2.32. The van der Waals surface area contributed by atoms with Gasteiger partial charge >= 0.3 is 0 Å². The average Bonchev–Trinajstić information content (AvgIpc) is 3.23. The van der Waals surface area contributed by atoms with Gasteiger partial charge in [0.25, 0.3) is 5.91 Å². The van der Waals surface area contributed by atoms with E-state index in [1.54, 1.807) is 36.0 Å². The molecule has 0 aliphatic carbocycles. The van der Waals surface area contributed by atoms with Gasteiger partial charge in [0.15, 0.2) is 10.9 Å².